The van der Waals surface area contributed by atoms with Crippen LogP contribution in [0.4, 0.5) is 0 Å². The highest BCUT2D eigenvalue weighted by Gasteiger charge is 2.20. The van der Waals surface area contributed by atoms with E-state index in [2.05, 4.69) is 15.6 Å². The molecule has 2 aromatic rings. The van der Waals surface area contributed by atoms with Crippen molar-refractivity contribution in [2.24, 2.45) is 0 Å². The molecule has 1 aliphatic rings. The normalized spacial score (nSPS) is 14.5. The number of benzene rings is 1. The standard InChI is InChI=1S/C15H19ClN4O/c16-15-4-2-1-3-12(15)11-21-8-7-20-10-14(18-19-20)9-17-13-5-6-13/h1-4,10,13,17H,5-9,11H2. The Bertz CT molecular complexity index is 583. The highest BCUT2D eigenvalue weighted by molar-refractivity contribution is 6.31. The topological polar surface area (TPSA) is 52.0 Å². The van der Waals surface area contributed by atoms with Crippen LogP contribution in [-0.4, -0.2) is 27.6 Å². The van der Waals surface area contributed by atoms with E-state index in [4.69, 9.17) is 16.3 Å². The van der Waals surface area contributed by atoms with Crippen LogP contribution >= 0.6 is 11.6 Å². The Balaban J connectivity index is 1.38. The van der Waals surface area contributed by atoms with Crippen molar-refractivity contribution in [3.63, 3.8) is 0 Å². The predicted molar refractivity (Wildman–Crippen MR) is 81.0 cm³/mol. The van der Waals surface area contributed by atoms with Crippen LogP contribution in [0.25, 0.3) is 0 Å². The Morgan fingerprint density at radius 1 is 1.33 bits per heavy atom. The predicted octanol–water partition coefficient (Wildman–Crippen LogP) is 2.40. The number of aromatic nitrogens is 3. The van der Waals surface area contributed by atoms with Crippen LogP contribution in [0.2, 0.25) is 5.02 Å². The summed E-state index contributed by atoms with van der Waals surface area (Å²) in [6, 6.07) is 8.41. The van der Waals surface area contributed by atoms with Gasteiger partial charge in [0.1, 0.15) is 0 Å². The molecule has 21 heavy (non-hydrogen) atoms. The highest BCUT2D eigenvalue weighted by atomic mass is 35.5. The zero-order chi connectivity index (χ0) is 14.5. The van der Waals surface area contributed by atoms with Gasteiger partial charge in [-0.3, -0.25) is 0 Å². The maximum absolute atomic E-state index is 6.07. The third-order valence-corrected chi connectivity index (χ3v) is 3.78. The van der Waals surface area contributed by atoms with Crippen molar-refractivity contribution in [1.29, 1.82) is 0 Å². The van der Waals surface area contributed by atoms with E-state index in [-0.39, 0.29) is 0 Å². The summed E-state index contributed by atoms with van der Waals surface area (Å²) in [6.45, 7) is 2.60. The molecule has 1 aromatic heterocycles. The van der Waals surface area contributed by atoms with Crippen LogP contribution in [0.1, 0.15) is 24.1 Å². The first-order chi connectivity index (χ1) is 10.3. The molecular formula is C15H19ClN4O. The molecule has 0 bridgehead atoms. The molecule has 0 amide bonds. The summed E-state index contributed by atoms with van der Waals surface area (Å²) in [5.74, 6) is 0. The Morgan fingerprint density at radius 3 is 3.00 bits per heavy atom. The number of halogens is 1. The van der Waals surface area contributed by atoms with Crippen LogP contribution in [-0.2, 0) is 24.4 Å². The molecule has 0 saturated heterocycles. The number of ether oxygens (including phenoxy) is 1. The number of nitrogens with zero attached hydrogens (tertiary/aromatic N) is 3. The van der Waals surface area contributed by atoms with Gasteiger partial charge in [0.05, 0.1) is 25.5 Å². The largest absolute Gasteiger partial charge is 0.375 e. The first kappa shape index (κ1) is 14.5. The summed E-state index contributed by atoms with van der Waals surface area (Å²) in [5.41, 5.74) is 1.99. The first-order valence-corrected chi connectivity index (χ1v) is 7.62. The van der Waals surface area contributed by atoms with E-state index >= 15 is 0 Å². The quantitative estimate of drug-likeness (QED) is 0.761. The van der Waals surface area contributed by atoms with Crippen molar-refractivity contribution in [2.45, 2.75) is 38.6 Å². The van der Waals surface area contributed by atoms with Crippen LogP contribution in [0, 0.1) is 0 Å². The average Bonchev–Trinajstić information content (AvgIpc) is 3.22. The molecule has 6 heteroatoms. The number of nitrogens with one attached hydrogen (secondary N) is 1. The van der Waals surface area contributed by atoms with Crippen LogP contribution in [0.15, 0.2) is 30.5 Å². The molecule has 5 nitrogen and oxygen atoms in total. The molecule has 1 aromatic carbocycles. The van der Waals surface area contributed by atoms with Gasteiger partial charge < -0.3 is 10.1 Å². The molecule has 0 radical (unpaired) electrons. The van der Waals surface area contributed by atoms with Gasteiger partial charge in [-0.05, 0) is 24.5 Å². The molecule has 0 atom stereocenters. The second kappa shape index (κ2) is 7.02. The molecule has 1 N–H and O–H groups in total. The Morgan fingerprint density at radius 2 is 2.19 bits per heavy atom. The molecule has 3 rings (SSSR count). The SMILES string of the molecule is Clc1ccccc1COCCn1cc(CNC2CC2)nn1. The molecule has 1 saturated carbocycles. The Kier molecular flexibility index (Phi) is 4.85. The maximum atomic E-state index is 6.07. The summed E-state index contributed by atoms with van der Waals surface area (Å²) in [4.78, 5) is 0. The lowest BCUT2D eigenvalue weighted by atomic mass is 10.2. The zero-order valence-corrected chi connectivity index (χ0v) is 12.6. The fourth-order valence-electron chi connectivity index (χ4n) is 2.02. The van der Waals surface area contributed by atoms with Crippen LogP contribution < -0.4 is 5.32 Å². The van der Waals surface area contributed by atoms with E-state index in [1.165, 1.54) is 12.8 Å². The summed E-state index contributed by atoms with van der Waals surface area (Å²) >= 11 is 6.07. The number of hydrogen-bond donors (Lipinski definition) is 1. The average molecular weight is 307 g/mol. The molecule has 1 heterocycles. The van der Waals surface area contributed by atoms with Gasteiger partial charge in [0.25, 0.3) is 0 Å². The Hall–Kier alpha value is -1.43. The van der Waals surface area contributed by atoms with E-state index in [9.17, 15) is 0 Å². The zero-order valence-electron chi connectivity index (χ0n) is 11.8. The van der Waals surface area contributed by atoms with Gasteiger partial charge in [-0.2, -0.15) is 0 Å². The van der Waals surface area contributed by atoms with Gasteiger partial charge in [0.15, 0.2) is 0 Å². The third kappa shape index (κ3) is 4.52. The first-order valence-electron chi connectivity index (χ1n) is 7.25. The van der Waals surface area contributed by atoms with Gasteiger partial charge in [0, 0.05) is 23.8 Å². The van der Waals surface area contributed by atoms with E-state index in [0.29, 0.717) is 25.8 Å². The van der Waals surface area contributed by atoms with Crippen molar-refractivity contribution in [3.05, 3.63) is 46.7 Å². The van der Waals surface area contributed by atoms with Gasteiger partial charge in [0.2, 0.25) is 0 Å². The number of rotatable bonds is 8. The lowest BCUT2D eigenvalue weighted by Gasteiger charge is -2.05. The van der Waals surface area contributed by atoms with Crippen molar-refractivity contribution in [2.75, 3.05) is 6.61 Å². The molecule has 0 unspecified atom stereocenters. The molecule has 112 valence electrons. The fourth-order valence-corrected chi connectivity index (χ4v) is 2.21. The van der Waals surface area contributed by atoms with Crippen LogP contribution in [0.5, 0.6) is 0 Å². The van der Waals surface area contributed by atoms with Crippen molar-refractivity contribution < 1.29 is 4.74 Å². The summed E-state index contributed by atoms with van der Waals surface area (Å²) < 4.78 is 7.45. The second-order valence-electron chi connectivity index (χ2n) is 5.27. The van der Waals surface area contributed by atoms with Gasteiger partial charge >= 0.3 is 0 Å². The van der Waals surface area contributed by atoms with Crippen molar-refractivity contribution in [1.82, 2.24) is 20.3 Å². The molecule has 0 aliphatic heterocycles. The summed E-state index contributed by atoms with van der Waals surface area (Å²) in [6.07, 6.45) is 4.53. The lowest BCUT2D eigenvalue weighted by molar-refractivity contribution is 0.110. The summed E-state index contributed by atoms with van der Waals surface area (Å²) in [5, 5.41) is 12.4. The van der Waals surface area contributed by atoms with E-state index in [0.717, 1.165) is 22.8 Å². The van der Waals surface area contributed by atoms with Gasteiger partial charge in [-0.25, -0.2) is 4.68 Å². The van der Waals surface area contributed by atoms with Crippen molar-refractivity contribution >= 4 is 11.6 Å². The monoisotopic (exact) mass is 306 g/mol. The highest BCUT2D eigenvalue weighted by Crippen LogP contribution is 2.19. The second-order valence-corrected chi connectivity index (χ2v) is 5.68. The minimum absolute atomic E-state index is 0.518. The van der Waals surface area contributed by atoms with E-state index in [1.54, 1.807) is 0 Å². The lowest BCUT2D eigenvalue weighted by Crippen LogP contribution is -2.15. The van der Waals surface area contributed by atoms with Crippen molar-refractivity contribution in [3.8, 4) is 0 Å². The van der Waals surface area contributed by atoms with Crippen LogP contribution in [0.3, 0.4) is 0 Å². The van der Waals surface area contributed by atoms with E-state index in [1.807, 2.05) is 35.1 Å². The molecule has 1 aliphatic carbocycles. The fraction of sp³-hybridized carbons (Fsp3) is 0.467. The Labute approximate surface area is 129 Å². The number of hydrogen-bond acceptors (Lipinski definition) is 4. The van der Waals surface area contributed by atoms with E-state index < -0.39 is 0 Å². The smallest absolute Gasteiger partial charge is 0.0964 e. The molecule has 1 fully saturated rings. The minimum atomic E-state index is 0.518. The van der Waals surface area contributed by atoms with Gasteiger partial charge in [-0.15, -0.1) is 5.10 Å². The third-order valence-electron chi connectivity index (χ3n) is 3.42. The van der Waals surface area contributed by atoms with Gasteiger partial charge in [-0.1, -0.05) is 35.0 Å². The minimum Gasteiger partial charge on any atom is -0.375 e. The molecule has 0 spiro atoms. The maximum Gasteiger partial charge on any atom is 0.0964 e. The summed E-state index contributed by atoms with van der Waals surface area (Å²) in [7, 11) is 0. The molecular weight excluding hydrogens is 288 g/mol.